The van der Waals surface area contributed by atoms with Gasteiger partial charge in [0.15, 0.2) is 0 Å². The van der Waals surface area contributed by atoms with Crippen LogP contribution < -0.4 is 5.73 Å². The van der Waals surface area contributed by atoms with E-state index in [4.69, 9.17) is 5.73 Å². The maximum atomic E-state index is 13.1. The van der Waals surface area contributed by atoms with Gasteiger partial charge in [-0.2, -0.15) is 0 Å². The Morgan fingerprint density at radius 3 is 2.79 bits per heavy atom. The predicted molar refractivity (Wildman–Crippen MR) is 60.2 cm³/mol. The predicted octanol–water partition coefficient (Wildman–Crippen LogP) is 2.83. The monoisotopic (exact) mass is 213 g/mol. The molecule has 0 saturated carbocycles. The summed E-state index contributed by atoms with van der Waals surface area (Å²) in [6, 6.07) is 5.17. The molecule has 3 heteroatoms. The fourth-order valence-corrected chi connectivity index (χ4v) is 2.11. The molecule has 0 fully saturated rings. The van der Waals surface area contributed by atoms with E-state index in [2.05, 4.69) is 6.92 Å². The summed E-state index contributed by atoms with van der Waals surface area (Å²) in [5.74, 6) is 0.875. The van der Waals surface area contributed by atoms with E-state index in [1.807, 2.05) is 6.07 Å². The van der Waals surface area contributed by atoms with Crippen molar-refractivity contribution >= 4 is 11.8 Å². The number of hydrogen-bond donors (Lipinski definition) is 1. The molecule has 0 heterocycles. The average molecular weight is 213 g/mol. The topological polar surface area (TPSA) is 26.0 Å². The Labute approximate surface area is 88.9 Å². The van der Waals surface area contributed by atoms with Crippen LogP contribution >= 0.6 is 11.8 Å². The third kappa shape index (κ3) is 3.68. The summed E-state index contributed by atoms with van der Waals surface area (Å²) in [4.78, 5) is 1.01. The first kappa shape index (κ1) is 11.5. The van der Waals surface area contributed by atoms with Crippen molar-refractivity contribution in [2.24, 2.45) is 5.73 Å². The van der Waals surface area contributed by atoms with Gasteiger partial charge in [0.25, 0.3) is 0 Å². The number of rotatable bonds is 5. The Kier molecular flexibility index (Phi) is 4.98. The first-order valence-corrected chi connectivity index (χ1v) is 5.87. The zero-order valence-electron chi connectivity index (χ0n) is 8.42. The molecule has 0 aliphatic heterocycles. The zero-order chi connectivity index (χ0) is 10.4. The van der Waals surface area contributed by atoms with Crippen LogP contribution in [0.1, 0.15) is 18.9 Å². The van der Waals surface area contributed by atoms with Crippen LogP contribution in [0.25, 0.3) is 0 Å². The van der Waals surface area contributed by atoms with Crippen molar-refractivity contribution < 1.29 is 4.39 Å². The Balaban J connectivity index is 2.73. The molecule has 0 aliphatic rings. The van der Waals surface area contributed by atoms with E-state index in [0.717, 1.165) is 29.1 Å². The van der Waals surface area contributed by atoms with Crippen LogP contribution in [0.4, 0.5) is 4.39 Å². The van der Waals surface area contributed by atoms with Crippen LogP contribution in [-0.2, 0) is 6.42 Å². The third-order valence-corrected chi connectivity index (χ3v) is 3.02. The molecule has 0 unspecified atom stereocenters. The first-order valence-electron chi connectivity index (χ1n) is 4.88. The van der Waals surface area contributed by atoms with E-state index >= 15 is 0 Å². The minimum Gasteiger partial charge on any atom is -0.330 e. The van der Waals surface area contributed by atoms with Crippen molar-refractivity contribution in [1.29, 1.82) is 0 Å². The van der Waals surface area contributed by atoms with Crippen LogP contribution in [0, 0.1) is 5.82 Å². The van der Waals surface area contributed by atoms with Gasteiger partial charge in [-0.25, -0.2) is 4.39 Å². The van der Waals surface area contributed by atoms with Crippen molar-refractivity contribution in [3.05, 3.63) is 29.6 Å². The largest absolute Gasteiger partial charge is 0.330 e. The number of benzene rings is 1. The lowest BCUT2D eigenvalue weighted by molar-refractivity contribution is 0.621. The SMILES string of the molecule is CCCSc1cc(F)cc(CCN)c1. The second kappa shape index (κ2) is 6.04. The molecule has 0 radical (unpaired) electrons. The molecular formula is C11H16FNS. The van der Waals surface area contributed by atoms with Crippen molar-refractivity contribution in [2.45, 2.75) is 24.7 Å². The Morgan fingerprint density at radius 2 is 2.14 bits per heavy atom. The second-order valence-electron chi connectivity index (χ2n) is 3.18. The molecule has 1 nitrogen and oxygen atoms in total. The van der Waals surface area contributed by atoms with Gasteiger partial charge < -0.3 is 5.73 Å². The number of nitrogens with two attached hydrogens (primary N) is 1. The fourth-order valence-electron chi connectivity index (χ4n) is 1.23. The molecule has 0 spiro atoms. The maximum absolute atomic E-state index is 13.1. The molecule has 1 aromatic carbocycles. The lowest BCUT2D eigenvalue weighted by Gasteiger charge is -2.04. The molecule has 78 valence electrons. The van der Waals surface area contributed by atoms with Gasteiger partial charge in [-0.3, -0.25) is 0 Å². The van der Waals surface area contributed by atoms with E-state index in [-0.39, 0.29) is 5.82 Å². The van der Waals surface area contributed by atoms with Gasteiger partial charge in [0, 0.05) is 4.90 Å². The smallest absolute Gasteiger partial charge is 0.124 e. The highest BCUT2D eigenvalue weighted by Crippen LogP contribution is 2.21. The van der Waals surface area contributed by atoms with E-state index < -0.39 is 0 Å². The highest BCUT2D eigenvalue weighted by Gasteiger charge is 2.00. The van der Waals surface area contributed by atoms with Gasteiger partial charge in [-0.1, -0.05) is 6.92 Å². The molecule has 0 amide bonds. The van der Waals surface area contributed by atoms with Crippen molar-refractivity contribution in [1.82, 2.24) is 0 Å². The van der Waals surface area contributed by atoms with Crippen molar-refractivity contribution in [3.63, 3.8) is 0 Å². The third-order valence-electron chi connectivity index (χ3n) is 1.84. The molecule has 14 heavy (non-hydrogen) atoms. The molecule has 0 saturated heterocycles. The van der Waals surface area contributed by atoms with Gasteiger partial charge in [0.1, 0.15) is 5.82 Å². The summed E-state index contributed by atoms with van der Waals surface area (Å²) in [5.41, 5.74) is 6.42. The lowest BCUT2D eigenvalue weighted by Crippen LogP contribution is -2.03. The van der Waals surface area contributed by atoms with Gasteiger partial charge in [-0.05, 0) is 48.9 Å². The maximum Gasteiger partial charge on any atom is 0.124 e. The molecule has 0 bridgehead atoms. The molecule has 1 rings (SSSR count). The summed E-state index contributed by atoms with van der Waals surface area (Å²) in [5, 5.41) is 0. The van der Waals surface area contributed by atoms with Crippen LogP contribution in [0.3, 0.4) is 0 Å². The van der Waals surface area contributed by atoms with E-state index in [0.29, 0.717) is 6.54 Å². The van der Waals surface area contributed by atoms with Gasteiger partial charge in [0.2, 0.25) is 0 Å². The quantitative estimate of drug-likeness (QED) is 0.761. The van der Waals surface area contributed by atoms with E-state index in [1.165, 1.54) is 0 Å². The molecule has 2 N–H and O–H groups in total. The Hall–Kier alpha value is -0.540. The number of halogens is 1. The minimum atomic E-state index is -0.158. The standard InChI is InChI=1S/C11H16FNS/c1-2-5-14-11-7-9(3-4-13)6-10(12)8-11/h6-8H,2-5,13H2,1H3. The molecule has 0 aliphatic carbocycles. The van der Waals surface area contributed by atoms with Crippen LogP contribution in [0.2, 0.25) is 0 Å². The summed E-state index contributed by atoms with van der Waals surface area (Å²) < 4.78 is 13.1. The fraction of sp³-hybridized carbons (Fsp3) is 0.455. The summed E-state index contributed by atoms with van der Waals surface area (Å²) in [6.45, 7) is 2.69. The second-order valence-corrected chi connectivity index (χ2v) is 4.35. The summed E-state index contributed by atoms with van der Waals surface area (Å²) >= 11 is 1.69. The molecule has 0 aromatic heterocycles. The van der Waals surface area contributed by atoms with Gasteiger partial charge in [-0.15, -0.1) is 11.8 Å². The van der Waals surface area contributed by atoms with Gasteiger partial charge in [0.05, 0.1) is 0 Å². The summed E-state index contributed by atoms with van der Waals surface area (Å²) in [6.07, 6.45) is 1.85. The van der Waals surface area contributed by atoms with E-state index in [1.54, 1.807) is 23.9 Å². The highest BCUT2D eigenvalue weighted by atomic mass is 32.2. The number of thioether (sulfide) groups is 1. The molecule has 1 aromatic rings. The highest BCUT2D eigenvalue weighted by molar-refractivity contribution is 7.99. The number of hydrogen-bond acceptors (Lipinski definition) is 2. The van der Waals surface area contributed by atoms with Crippen LogP contribution in [0.5, 0.6) is 0 Å². The normalized spacial score (nSPS) is 10.5. The van der Waals surface area contributed by atoms with Crippen molar-refractivity contribution in [3.8, 4) is 0 Å². The molecular weight excluding hydrogens is 197 g/mol. The average Bonchev–Trinajstić information content (AvgIpc) is 2.14. The van der Waals surface area contributed by atoms with Gasteiger partial charge >= 0.3 is 0 Å². The van der Waals surface area contributed by atoms with Crippen molar-refractivity contribution in [2.75, 3.05) is 12.3 Å². The Morgan fingerprint density at radius 1 is 1.36 bits per heavy atom. The summed E-state index contributed by atoms with van der Waals surface area (Å²) in [7, 11) is 0. The zero-order valence-corrected chi connectivity index (χ0v) is 9.24. The Bertz CT molecular complexity index is 289. The minimum absolute atomic E-state index is 0.158. The lowest BCUT2D eigenvalue weighted by atomic mass is 10.1. The van der Waals surface area contributed by atoms with Crippen LogP contribution in [0.15, 0.2) is 23.1 Å². The first-order chi connectivity index (χ1) is 6.76. The molecule has 0 atom stereocenters. The van der Waals surface area contributed by atoms with E-state index in [9.17, 15) is 4.39 Å². The van der Waals surface area contributed by atoms with Crippen LogP contribution in [-0.4, -0.2) is 12.3 Å².